The van der Waals surface area contributed by atoms with E-state index in [0.717, 1.165) is 0 Å². The van der Waals surface area contributed by atoms with Crippen molar-refractivity contribution in [2.75, 3.05) is 7.11 Å². The Hall–Kier alpha value is -1.26. The molecule has 0 aromatic rings. The third kappa shape index (κ3) is 2.10. The number of hydrogen-bond donors (Lipinski definition) is 1. The first kappa shape index (κ1) is 7.84. The van der Waals surface area contributed by atoms with Crippen LogP contribution in [0.5, 0.6) is 0 Å². The number of nitrogens with zero attached hydrogens (tertiary/aromatic N) is 1. The Morgan fingerprint density at radius 3 is 3.09 bits per heavy atom. The van der Waals surface area contributed by atoms with Gasteiger partial charge in [-0.3, -0.25) is 4.79 Å². The lowest BCUT2D eigenvalue weighted by Gasteiger charge is -2.06. The zero-order chi connectivity index (χ0) is 8.27. The van der Waals surface area contributed by atoms with Crippen molar-refractivity contribution in [2.24, 2.45) is 5.16 Å². The molecular formula is C6H10N2O3. The van der Waals surface area contributed by atoms with E-state index in [4.69, 9.17) is 9.57 Å². The molecule has 1 aliphatic heterocycles. The monoisotopic (exact) mass is 158 g/mol. The van der Waals surface area contributed by atoms with Gasteiger partial charge in [0.25, 0.3) is 0 Å². The number of oxime groups is 1. The summed E-state index contributed by atoms with van der Waals surface area (Å²) in [5.74, 6) is 0.367. The first-order valence-corrected chi connectivity index (χ1v) is 3.26. The van der Waals surface area contributed by atoms with Gasteiger partial charge in [-0.25, -0.2) is 0 Å². The Kier molecular flexibility index (Phi) is 2.30. The van der Waals surface area contributed by atoms with Crippen LogP contribution in [-0.2, 0) is 14.4 Å². The van der Waals surface area contributed by atoms with Crippen LogP contribution in [0.3, 0.4) is 0 Å². The molecule has 0 aromatic heterocycles. The van der Waals surface area contributed by atoms with E-state index in [-0.39, 0.29) is 12.1 Å². The van der Waals surface area contributed by atoms with Crippen LogP contribution in [0, 0.1) is 0 Å². The average Bonchev–Trinajstić information content (AvgIpc) is 2.34. The Bertz CT molecular complexity index is 190. The van der Waals surface area contributed by atoms with Gasteiger partial charge in [0.2, 0.25) is 18.0 Å². The van der Waals surface area contributed by atoms with Crippen molar-refractivity contribution >= 4 is 11.8 Å². The molecule has 0 aromatic carbocycles. The molecule has 0 spiro atoms. The Morgan fingerprint density at radius 1 is 1.91 bits per heavy atom. The number of rotatable bonds is 1. The summed E-state index contributed by atoms with van der Waals surface area (Å²) in [5, 5.41) is 6.12. The molecule has 5 nitrogen and oxygen atoms in total. The van der Waals surface area contributed by atoms with Crippen LogP contribution >= 0.6 is 0 Å². The van der Waals surface area contributed by atoms with Crippen LogP contribution in [0.1, 0.15) is 13.3 Å². The van der Waals surface area contributed by atoms with E-state index in [1.54, 1.807) is 0 Å². The number of carbonyl (C=O) groups is 1. The smallest absolute Gasteiger partial charge is 0.231 e. The maximum absolute atomic E-state index is 10.5. The van der Waals surface area contributed by atoms with Gasteiger partial charge in [-0.15, -0.1) is 0 Å². The van der Waals surface area contributed by atoms with E-state index < -0.39 is 0 Å². The minimum absolute atomic E-state index is 0.137. The molecule has 0 saturated carbocycles. The van der Waals surface area contributed by atoms with Gasteiger partial charge in [0.05, 0.1) is 13.5 Å². The van der Waals surface area contributed by atoms with Gasteiger partial charge in [0.1, 0.15) is 0 Å². The molecule has 1 unspecified atom stereocenters. The maximum atomic E-state index is 10.5. The molecule has 0 bridgehead atoms. The SMILES string of the molecule is COC1=NOC(NC(C)=O)C1. The van der Waals surface area contributed by atoms with Crippen molar-refractivity contribution in [3.63, 3.8) is 0 Å². The topological polar surface area (TPSA) is 59.9 Å². The molecule has 0 aliphatic carbocycles. The Balaban J connectivity index is 2.30. The summed E-state index contributed by atoms with van der Waals surface area (Å²) in [6, 6.07) is 0. The number of nitrogens with one attached hydrogen (secondary N) is 1. The zero-order valence-corrected chi connectivity index (χ0v) is 6.46. The van der Waals surface area contributed by atoms with Crippen molar-refractivity contribution < 1.29 is 14.4 Å². The molecule has 1 heterocycles. The van der Waals surface area contributed by atoms with E-state index in [1.807, 2.05) is 0 Å². The normalized spacial score (nSPS) is 22.0. The number of amides is 1. The van der Waals surface area contributed by atoms with Crippen LogP contribution < -0.4 is 5.32 Å². The number of carbonyl (C=O) groups excluding carboxylic acids is 1. The van der Waals surface area contributed by atoms with E-state index in [9.17, 15) is 4.79 Å². The summed E-state index contributed by atoms with van der Waals surface area (Å²) >= 11 is 0. The standard InChI is InChI=1S/C6H10N2O3/c1-4(9)7-5-3-6(10-2)8-11-5/h5H,3H2,1-2H3,(H,7,9). The second-order valence-electron chi connectivity index (χ2n) is 2.19. The third-order valence-corrected chi connectivity index (χ3v) is 1.24. The lowest BCUT2D eigenvalue weighted by Crippen LogP contribution is -2.32. The summed E-state index contributed by atoms with van der Waals surface area (Å²) in [7, 11) is 1.51. The molecule has 11 heavy (non-hydrogen) atoms. The molecule has 5 heteroatoms. The molecule has 0 fully saturated rings. The Labute approximate surface area is 64.3 Å². The van der Waals surface area contributed by atoms with E-state index >= 15 is 0 Å². The van der Waals surface area contributed by atoms with Crippen molar-refractivity contribution in [1.82, 2.24) is 5.32 Å². The van der Waals surface area contributed by atoms with Gasteiger partial charge < -0.3 is 14.9 Å². The van der Waals surface area contributed by atoms with Gasteiger partial charge in [0, 0.05) is 6.92 Å². The fraction of sp³-hybridized carbons (Fsp3) is 0.667. The second-order valence-corrected chi connectivity index (χ2v) is 2.19. The van der Waals surface area contributed by atoms with E-state index in [0.29, 0.717) is 12.3 Å². The highest BCUT2D eigenvalue weighted by atomic mass is 16.7. The van der Waals surface area contributed by atoms with Crippen molar-refractivity contribution in [1.29, 1.82) is 0 Å². The fourth-order valence-corrected chi connectivity index (χ4v) is 0.780. The first-order chi connectivity index (χ1) is 5.22. The summed E-state index contributed by atoms with van der Waals surface area (Å²) in [4.78, 5) is 15.3. The second kappa shape index (κ2) is 3.23. The fourth-order valence-electron chi connectivity index (χ4n) is 0.780. The van der Waals surface area contributed by atoms with E-state index in [1.165, 1.54) is 14.0 Å². The summed E-state index contributed by atoms with van der Waals surface area (Å²) in [6.45, 7) is 1.42. The molecule has 1 aliphatic rings. The van der Waals surface area contributed by atoms with Gasteiger partial charge >= 0.3 is 0 Å². The quantitative estimate of drug-likeness (QED) is 0.576. The highest BCUT2D eigenvalue weighted by molar-refractivity contribution is 5.79. The molecular weight excluding hydrogens is 148 g/mol. The lowest BCUT2D eigenvalue weighted by atomic mass is 10.4. The predicted octanol–water partition coefficient (Wildman–Crippen LogP) is -0.171. The molecule has 1 rings (SSSR count). The van der Waals surface area contributed by atoms with Crippen LogP contribution in [0.25, 0.3) is 0 Å². The highest BCUT2D eigenvalue weighted by Gasteiger charge is 2.21. The summed E-state index contributed by atoms with van der Waals surface area (Å²) in [6.07, 6.45) is 0.137. The van der Waals surface area contributed by atoms with Crippen LogP contribution in [0.15, 0.2) is 5.16 Å². The predicted molar refractivity (Wildman–Crippen MR) is 37.8 cm³/mol. The molecule has 0 saturated heterocycles. The molecule has 62 valence electrons. The van der Waals surface area contributed by atoms with Gasteiger partial charge in [-0.2, -0.15) is 0 Å². The minimum Gasteiger partial charge on any atom is -0.482 e. The van der Waals surface area contributed by atoms with Gasteiger partial charge in [-0.05, 0) is 5.16 Å². The number of hydrogen-bond acceptors (Lipinski definition) is 4. The van der Waals surface area contributed by atoms with Crippen molar-refractivity contribution in [3.8, 4) is 0 Å². The largest absolute Gasteiger partial charge is 0.482 e. The number of ether oxygens (including phenoxy) is 1. The number of methoxy groups -OCH3 is 1. The highest BCUT2D eigenvalue weighted by Crippen LogP contribution is 2.07. The summed E-state index contributed by atoms with van der Waals surface area (Å²) in [5.41, 5.74) is 0. The van der Waals surface area contributed by atoms with Crippen LogP contribution in [0.2, 0.25) is 0 Å². The van der Waals surface area contributed by atoms with Gasteiger partial charge in [0.15, 0.2) is 0 Å². The van der Waals surface area contributed by atoms with Crippen molar-refractivity contribution in [3.05, 3.63) is 0 Å². The molecule has 0 radical (unpaired) electrons. The average molecular weight is 158 g/mol. The molecule has 1 atom stereocenters. The van der Waals surface area contributed by atoms with Crippen LogP contribution in [-0.4, -0.2) is 25.1 Å². The van der Waals surface area contributed by atoms with Crippen LogP contribution in [0.4, 0.5) is 0 Å². The maximum Gasteiger partial charge on any atom is 0.231 e. The molecule has 1 amide bonds. The molecule has 1 N–H and O–H groups in total. The zero-order valence-electron chi connectivity index (χ0n) is 6.46. The third-order valence-electron chi connectivity index (χ3n) is 1.24. The van der Waals surface area contributed by atoms with Crippen molar-refractivity contribution in [2.45, 2.75) is 19.6 Å². The summed E-state index contributed by atoms with van der Waals surface area (Å²) < 4.78 is 4.80. The lowest BCUT2D eigenvalue weighted by molar-refractivity contribution is -0.122. The minimum atomic E-state index is -0.359. The van der Waals surface area contributed by atoms with E-state index in [2.05, 4.69) is 10.5 Å². The van der Waals surface area contributed by atoms with Gasteiger partial charge in [-0.1, -0.05) is 0 Å². The first-order valence-electron chi connectivity index (χ1n) is 3.26. The Morgan fingerprint density at radius 2 is 2.64 bits per heavy atom.